The van der Waals surface area contributed by atoms with Gasteiger partial charge in [-0.1, -0.05) is 0 Å². The minimum absolute atomic E-state index is 0.140. The summed E-state index contributed by atoms with van der Waals surface area (Å²) in [6, 6.07) is 0. The summed E-state index contributed by atoms with van der Waals surface area (Å²) in [6.45, 7) is 4.71. The number of rotatable bonds is 4. The molecule has 0 aliphatic rings. The van der Waals surface area contributed by atoms with Crippen molar-refractivity contribution in [2.75, 3.05) is 13.7 Å². The third-order valence-electron chi connectivity index (χ3n) is 0.827. The molecule has 54 valence electrons. The van der Waals surface area contributed by atoms with E-state index in [4.69, 9.17) is 10.4 Å². The summed E-state index contributed by atoms with van der Waals surface area (Å²) in [7, 11) is 2.22. The van der Waals surface area contributed by atoms with E-state index in [0.717, 1.165) is 6.54 Å². The molecule has 0 aromatic rings. The van der Waals surface area contributed by atoms with Crippen LogP contribution in [-0.4, -0.2) is 26.8 Å². The lowest BCUT2D eigenvalue weighted by Crippen LogP contribution is -2.44. The summed E-state index contributed by atoms with van der Waals surface area (Å²) in [6.07, 6.45) is 0. The smallest absolute Gasteiger partial charge is 0.360 e. The zero-order valence-corrected chi connectivity index (χ0v) is 6.40. The first-order chi connectivity index (χ1) is 4.06. The first-order valence-electron chi connectivity index (χ1n) is 3.05. The SMILES string of the molecule is COBNCC(C)(C)N. The van der Waals surface area contributed by atoms with Gasteiger partial charge in [0.1, 0.15) is 0 Å². The van der Waals surface area contributed by atoms with Crippen LogP contribution >= 0.6 is 0 Å². The Bertz CT molecular complexity index is 71.8. The van der Waals surface area contributed by atoms with Crippen molar-refractivity contribution in [3.05, 3.63) is 0 Å². The minimum atomic E-state index is -0.140. The van der Waals surface area contributed by atoms with Crippen LogP contribution in [0.25, 0.3) is 0 Å². The molecule has 0 radical (unpaired) electrons. The molecule has 0 saturated carbocycles. The van der Waals surface area contributed by atoms with Crippen LogP contribution < -0.4 is 11.0 Å². The maximum absolute atomic E-state index is 5.66. The van der Waals surface area contributed by atoms with Crippen molar-refractivity contribution in [1.82, 2.24) is 5.23 Å². The van der Waals surface area contributed by atoms with E-state index in [2.05, 4.69) is 5.23 Å². The van der Waals surface area contributed by atoms with Crippen LogP contribution in [0.15, 0.2) is 0 Å². The Morgan fingerprint density at radius 3 is 2.56 bits per heavy atom. The van der Waals surface area contributed by atoms with Crippen LogP contribution in [0.2, 0.25) is 0 Å². The minimum Gasteiger partial charge on any atom is -0.427 e. The third-order valence-corrected chi connectivity index (χ3v) is 0.827. The number of nitrogens with two attached hydrogens (primary N) is 1. The van der Waals surface area contributed by atoms with Crippen molar-refractivity contribution in [3.63, 3.8) is 0 Å². The van der Waals surface area contributed by atoms with Gasteiger partial charge in [-0.05, 0) is 13.8 Å². The van der Waals surface area contributed by atoms with Crippen LogP contribution in [0.1, 0.15) is 13.8 Å². The summed E-state index contributed by atoms with van der Waals surface area (Å²) in [5.74, 6) is 0. The zero-order valence-electron chi connectivity index (χ0n) is 6.40. The Labute approximate surface area is 57.2 Å². The molecule has 3 N–H and O–H groups in total. The number of hydrogen-bond acceptors (Lipinski definition) is 3. The van der Waals surface area contributed by atoms with E-state index in [1.807, 2.05) is 13.8 Å². The molecule has 4 heteroatoms. The molecule has 0 unspecified atom stereocenters. The van der Waals surface area contributed by atoms with Crippen molar-refractivity contribution in [3.8, 4) is 0 Å². The molecule has 9 heavy (non-hydrogen) atoms. The lowest BCUT2D eigenvalue weighted by molar-refractivity contribution is 0.417. The van der Waals surface area contributed by atoms with Gasteiger partial charge in [0.25, 0.3) is 0 Å². The molecule has 0 amide bonds. The van der Waals surface area contributed by atoms with E-state index in [1.54, 1.807) is 7.11 Å². The van der Waals surface area contributed by atoms with Crippen LogP contribution in [0, 0.1) is 0 Å². The molecule has 0 heterocycles. The molecule has 0 aliphatic heterocycles. The average Bonchev–Trinajstić information content (AvgIpc) is 1.63. The van der Waals surface area contributed by atoms with Gasteiger partial charge in [0, 0.05) is 19.2 Å². The van der Waals surface area contributed by atoms with E-state index in [-0.39, 0.29) is 5.54 Å². The normalized spacial score (nSPS) is 11.6. The largest absolute Gasteiger partial charge is 0.427 e. The summed E-state index contributed by atoms with van der Waals surface area (Å²) in [4.78, 5) is 0. The highest BCUT2D eigenvalue weighted by molar-refractivity contribution is 6.23. The van der Waals surface area contributed by atoms with Crippen molar-refractivity contribution < 1.29 is 4.65 Å². The first-order valence-corrected chi connectivity index (χ1v) is 3.05. The van der Waals surface area contributed by atoms with E-state index < -0.39 is 0 Å². The molecular weight excluding hydrogens is 115 g/mol. The molecule has 0 aromatic carbocycles. The second-order valence-corrected chi connectivity index (χ2v) is 2.85. The number of nitrogens with one attached hydrogen (secondary N) is 1. The molecule has 0 spiro atoms. The zero-order chi connectivity index (χ0) is 7.33. The van der Waals surface area contributed by atoms with Gasteiger partial charge in [0.15, 0.2) is 0 Å². The topological polar surface area (TPSA) is 47.3 Å². The van der Waals surface area contributed by atoms with E-state index in [0.29, 0.717) is 7.62 Å². The van der Waals surface area contributed by atoms with Gasteiger partial charge < -0.3 is 15.6 Å². The van der Waals surface area contributed by atoms with Gasteiger partial charge in [-0.3, -0.25) is 0 Å². The first kappa shape index (κ1) is 8.94. The molecule has 0 fully saturated rings. The lowest BCUT2D eigenvalue weighted by Gasteiger charge is -2.17. The van der Waals surface area contributed by atoms with Gasteiger partial charge in [-0.15, -0.1) is 0 Å². The second kappa shape index (κ2) is 3.87. The van der Waals surface area contributed by atoms with Crippen molar-refractivity contribution in [2.24, 2.45) is 5.73 Å². The van der Waals surface area contributed by atoms with Crippen molar-refractivity contribution in [2.45, 2.75) is 19.4 Å². The van der Waals surface area contributed by atoms with E-state index in [9.17, 15) is 0 Å². The molecule has 0 aliphatic carbocycles. The highest BCUT2D eigenvalue weighted by Gasteiger charge is 2.08. The number of hydrogen-bond donors (Lipinski definition) is 2. The molecular formula is C5H15BN2O. The Balaban J connectivity index is 3.07. The van der Waals surface area contributed by atoms with Crippen molar-refractivity contribution in [1.29, 1.82) is 0 Å². The fourth-order valence-electron chi connectivity index (χ4n) is 0.475. The van der Waals surface area contributed by atoms with Crippen LogP contribution in [0.4, 0.5) is 0 Å². The molecule has 0 bridgehead atoms. The summed E-state index contributed by atoms with van der Waals surface area (Å²) >= 11 is 0. The molecule has 0 saturated heterocycles. The highest BCUT2D eigenvalue weighted by atomic mass is 16.4. The Morgan fingerprint density at radius 1 is 1.67 bits per heavy atom. The molecule has 0 aromatic heterocycles. The monoisotopic (exact) mass is 130 g/mol. The molecule has 0 rings (SSSR count). The van der Waals surface area contributed by atoms with Gasteiger partial charge in [-0.2, -0.15) is 0 Å². The van der Waals surface area contributed by atoms with Gasteiger partial charge in [0.2, 0.25) is 0 Å². The standard InChI is InChI=1S/C5H15BN2O/c1-5(2,7)4-8-6-9-3/h6,8H,4,7H2,1-3H3. The quantitative estimate of drug-likeness (QED) is 0.388. The summed E-state index contributed by atoms with van der Waals surface area (Å²) < 4.78 is 4.77. The predicted octanol–water partition coefficient (Wildman–Crippen LogP) is -0.774. The average molecular weight is 130 g/mol. The van der Waals surface area contributed by atoms with E-state index in [1.165, 1.54) is 0 Å². The van der Waals surface area contributed by atoms with E-state index >= 15 is 0 Å². The molecule has 0 atom stereocenters. The van der Waals surface area contributed by atoms with Crippen LogP contribution in [0.3, 0.4) is 0 Å². The van der Waals surface area contributed by atoms with Gasteiger partial charge >= 0.3 is 7.62 Å². The summed E-state index contributed by atoms with van der Waals surface area (Å²) in [5, 5.41) is 3.03. The highest BCUT2D eigenvalue weighted by Crippen LogP contribution is 1.90. The molecule has 3 nitrogen and oxygen atoms in total. The Kier molecular flexibility index (Phi) is 3.85. The Morgan fingerprint density at radius 2 is 2.22 bits per heavy atom. The fourth-order valence-corrected chi connectivity index (χ4v) is 0.475. The van der Waals surface area contributed by atoms with Gasteiger partial charge in [-0.25, -0.2) is 0 Å². The summed E-state index contributed by atoms with van der Waals surface area (Å²) in [5.41, 5.74) is 5.52. The third kappa shape index (κ3) is 7.94. The second-order valence-electron chi connectivity index (χ2n) is 2.85. The maximum Gasteiger partial charge on any atom is 0.360 e. The van der Waals surface area contributed by atoms with Crippen molar-refractivity contribution >= 4 is 7.62 Å². The van der Waals surface area contributed by atoms with Crippen LogP contribution in [0.5, 0.6) is 0 Å². The lowest BCUT2D eigenvalue weighted by atomic mass is 10.1. The van der Waals surface area contributed by atoms with Crippen LogP contribution in [-0.2, 0) is 4.65 Å². The van der Waals surface area contributed by atoms with Gasteiger partial charge in [0.05, 0.1) is 0 Å². The maximum atomic E-state index is 5.66. The fraction of sp³-hybridized carbons (Fsp3) is 1.00. The Hall–Kier alpha value is -0.0551. The predicted molar refractivity (Wildman–Crippen MR) is 40.4 cm³/mol.